The summed E-state index contributed by atoms with van der Waals surface area (Å²) in [4.78, 5) is 18.1. The third kappa shape index (κ3) is 7.56. The van der Waals surface area contributed by atoms with Crippen molar-refractivity contribution in [2.24, 2.45) is 0 Å². The van der Waals surface area contributed by atoms with Crippen LogP contribution in [-0.4, -0.2) is 54.0 Å². The van der Waals surface area contributed by atoms with Gasteiger partial charge in [0.05, 0.1) is 12.7 Å². The second-order valence-corrected chi connectivity index (χ2v) is 11.1. The minimum Gasteiger partial charge on any atom is -0.504 e. The van der Waals surface area contributed by atoms with Crippen LogP contribution in [0.5, 0.6) is 11.5 Å². The molecule has 11 heteroatoms. The number of hydrogen-bond acceptors (Lipinski definition) is 9. The molecule has 5 rings (SSSR count). The van der Waals surface area contributed by atoms with Crippen molar-refractivity contribution in [2.75, 3.05) is 31.6 Å². The molecule has 10 nitrogen and oxygen atoms in total. The second kappa shape index (κ2) is 15.0. The molecular weight excluding hydrogens is 599 g/mol. The normalized spacial score (nSPS) is 13.3. The molecule has 0 saturated carbocycles. The molecule has 0 radical (unpaired) electrons. The van der Waals surface area contributed by atoms with E-state index in [0.717, 1.165) is 36.9 Å². The molecule has 0 atom stereocenters. The van der Waals surface area contributed by atoms with Crippen molar-refractivity contribution in [3.8, 4) is 45.9 Å². The number of nitriles is 2. The average molecular weight is 633 g/mol. The summed E-state index contributed by atoms with van der Waals surface area (Å²) in [6.45, 7) is 2.07. The molecule has 4 N–H and O–H groups in total. The first kappa shape index (κ1) is 32.6. The van der Waals surface area contributed by atoms with Gasteiger partial charge in [-0.05, 0) is 78.4 Å². The fourth-order valence-corrected chi connectivity index (χ4v) is 5.75. The first-order valence-corrected chi connectivity index (χ1v) is 15.0. The van der Waals surface area contributed by atoms with Crippen molar-refractivity contribution in [2.45, 2.75) is 25.3 Å². The van der Waals surface area contributed by atoms with E-state index >= 15 is 0 Å². The maximum absolute atomic E-state index is 14.9. The molecule has 2 heterocycles. The van der Waals surface area contributed by atoms with E-state index in [4.69, 9.17) is 14.9 Å². The van der Waals surface area contributed by atoms with Crippen molar-refractivity contribution < 1.29 is 24.2 Å². The molecule has 1 aromatic heterocycles. The summed E-state index contributed by atoms with van der Waals surface area (Å²) in [5.41, 5.74) is 5.82. The van der Waals surface area contributed by atoms with E-state index in [2.05, 4.69) is 16.3 Å². The zero-order chi connectivity index (χ0) is 33.3. The Morgan fingerprint density at radius 2 is 1.89 bits per heavy atom. The number of phenolic OH excluding ortho intramolecular Hbond substituents is 1. The lowest BCUT2D eigenvalue weighted by Crippen LogP contribution is -2.43. The fraction of sp³-hybridized carbons (Fsp3) is 0.222. The van der Waals surface area contributed by atoms with Crippen LogP contribution in [0.3, 0.4) is 0 Å². The third-order valence-electron chi connectivity index (χ3n) is 8.17. The summed E-state index contributed by atoms with van der Waals surface area (Å²) in [5.74, 6) is -0.577. The molecule has 0 unspecified atom stereocenters. The summed E-state index contributed by atoms with van der Waals surface area (Å²) in [6.07, 6.45) is 6.99. The highest BCUT2D eigenvalue weighted by molar-refractivity contribution is 5.91. The molecule has 1 saturated heterocycles. The van der Waals surface area contributed by atoms with Gasteiger partial charge in [0, 0.05) is 42.5 Å². The SMILES string of the molecule is COc1cc(-c2cnc(N3CCC(NCCc4cccc(/C=C/C(=O)NO)c4)CC3)c(C#N)c2-c2ccc(C#N)c(F)c2)ccc1O. The largest absolute Gasteiger partial charge is 0.504 e. The van der Waals surface area contributed by atoms with Crippen LogP contribution in [0.4, 0.5) is 10.2 Å². The second-order valence-electron chi connectivity index (χ2n) is 11.1. The molecule has 4 aromatic rings. The van der Waals surface area contributed by atoms with Gasteiger partial charge in [-0.2, -0.15) is 10.5 Å². The van der Waals surface area contributed by atoms with Gasteiger partial charge in [-0.3, -0.25) is 10.0 Å². The van der Waals surface area contributed by atoms with Crippen LogP contribution in [0.25, 0.3) is 28.3 Å². The Balaban J connectivity index is 1.34. The molecule has 1 aliphatic rings. The molecule has 0 bridgehead atoms. The van der Waals surface area contributed by atoms with Crippen LogP contribution in [0, 0.1) is 28.5 Å². The van der Waals surface area contributed by atoms with Crippen LogP contribution in [0.2, 0.25) is 0 Å². The van der Waals surface area contributed by atoms with E-state index in [-0.39, 0.29) is 28.7 Å². The number of benzene rings is 3. The maximum atomic E-state index is 14.9. The number of hydroxylamine groups is 1. The molecule has 0 aliphatic carbocycles. The Hall–Kier alpha value is -5.75. The monoisotopic (exact) mass is 632 g/mol. The number of piperidine rings is 1. The molecule has 3 aromatic carbocycles. The van der Waals surface area contributed by atoms with E-state index < -0.39 is 11.7 Å². The van der Waals surface area contributed by atoms with Gasteiger partial charge in [-0.15, -0.1) is 0 Å². The van der Waals surface area contributed by atoms with Gasteiger partial charge in [-0.1, -0.05) is 36.4 Å². The molecule has 0 spiro atoms. The third-order valence-corrected chi connectivity index (χ3v) is 8.17. The van der Waals surface area contributed by atoms with E-state index in [9.17, 15) is 24.8 Å². The fourth-order valence-electron chi connectivity index (χ4n) is 5.75. The Morgan fingerprint density at radius 1 is 1.11 bits per heavy atom. The first-order valence-electron chi connectivity index (χ1n) is 15.0. The van der Waals surface area contributed by atoms with Crippen LogP contribution < -0.4 is 20.4 Å². The number of nitrogens with zero attached hydrogens (tertiary/aromatic N) is 4. The highest BCUT2D eigenvalue weighted by Gasteiger charge is 2.26. The number of methoxy groups -OCH3 is 1. The van der Waals surface area contributed by atoms with Crippen LogP contribution >= 0.6 is 0 Å². The number of anilines is 1. The van der Waals surface area contributed by atoms with E-state index in [1.54, 1.807) is 36.0 Å². The highest BCUT2D eigenvalue weighted by Crippen LogP contribution is 2.41. The molecule has 1 amide bonds. The van der Waals surface area contributed by atoms with Gasteiger partial charge >= 0.3 is 0 Å². The molecule has 47 heavy (non-hydrogen) atoms. The van der Waals surface area contributed by atoms with Crippen LogP contribution in [0.1, 0.15) is 35.1 Å². The van der Waals surface area contributed by atoms with E-state index in [1.165, 1.54) is 31.4 Å². The van der Waals surface area contributed by atoms with Gasteiger partial charge in [0.1, 0.15) is 29.3 Å². The number of ether oxygens (including phenoxy) is 1. The lowest BCUT2D eigenvalue weighted by molar-refractivity contribution is -0.124. The van der Waals surface area contributed by atoms with Crippen molar-refractivity contribution in [1.82, 2.24) is 15.8 Å². The van der Waals surface area contributed by atoms with Gasteiger partial charge < -0.3 is 20.1 Å². The Bertz CT molecular complexity index is 1890. The van der Waals surface area contributed by atoms with E-state index in [1.807, 2.05) is 30.3 Å². The van der Waals surface area contributed by atoms with Crippen molar-refractivity contribution in [3.05, 3.63) is 101 Å². The van der Waals surface area contributed by atoms with Gasteiger partial charge in [0.25, 0.3) is 5.91 Å². The number of aromatic nitrogens is 1. The zero-order valence-electron chi connectivity index (χ0n) is 25.7. The number of carbonyl (C=O) groups excluding carboxylic acids is 1. The van der Waals surface area contributed by atoms with Gasteiger partial charge in [-0.25, -0.2) is 14.9 Å². The number of aromatic hydroxyl groups is 1. The maximum Gasteiger partial charge on any atom is 0.267 e. The molecule has 1 fully saturated rings. The molecule has 238 valence electrons. The summed E-state index contributed by atoms with van der Waals surface area (Å²) in [7, 11) is 1.44. The lowest BCUT2D eigenvalue weighted by Gasteiger charge is -2.34. The number of pyridine rings is 1. The Labute approximate surface area is 271 Å². The number of rotatable bonds is 10. The minimum absolute atomic E-state index is 0.0424. The summed E-state index contributed by atoms with van der Waals surface area (Å²) in [5, 5.41) is 42.2. The van der Waals surface area contributed by atoms with Gasteiger partial charge in [0.2, 0.25) is 0 Å². The smallest absolute Gasteiger partial charge is 0.267 e. The van der Waals surface area contributed by atoms with Crippen molar-refractivity contribution in [1.29, 1.82) is 10.5 Å². The number of nitrogens with one attached hydrogen (secondary N) is 2. The highest BCUT2D eigenvalue weighted by atomic mass is 19.1. The predicted octanol–water partition coefficient (Wildman–Crippen LogP) is 5.33. The Morgan fingerprint density at radius 3 is 2.60 bits per heavy atom. The number of phenols is 1. The number of carbonyl (C=O) groups is 1. The topological polar surface area (TPSA) is 155 Å². The Kier molecular flexibility index (Phi) is 10.4. The number of amides is 1. The summed E-state index contributed by atoms with van der Waals surface area (Å²) < 4.78 is 20.2. The first-order chi connectivity index (χ1) is 22.8. The van der Waals surface area contributed by atoms with E-state index in [0.29, 0.717) is 41.2 Å². The summed E-state index contributed by atoms with van der Waals surface area (Å²) in [6, 6.07) is 21.3. The quantitative estimate of drug-likeness (QED) is 0.103. The van der Waals surface area contributed by atoms with Crippen molar-refractivity contribution in [3.63, 3.8) is 0 Å². The lowest BCUT2D eigenvalue weighted by atomic mass is 9.91. The zero-order valence-corrected chi connectivity index (χ0v) is 25.7. The number of halogens is 1. The summed E-state index contributed by atoms with van der Waals surface area (Å²) >= 11 is 0. The predicted molar refractivity (Wildman–Crippen MR) is 175 cm³/mol. The standard InChI is InChI=1S/C36H33FN6O4/c1-47-33-19-25(8-9-32(33)44)30-22-41-36(29(21-39)35(30)26-6-7-27(20-38)31(37)18-26)43-15-12-28(13-16-43)40-14-11-24-4-2-3-23(17-24)5-10-34(45)42-46/h2-10,17-19,22,28,40,44,46H,11-16H2,1H3,(H,42,45)/b10-5+. The van der Waals surface area contributed by atoms with Gasteiger partial charge in [0.15, 0.2) is 11.5 Å². The van der Waals surface area contributed by atoms with Crippen LogP contribution in [-0.2, 0) is 11.2 Å². The minimum atomic E-state index is -0.689. The van der Waals surface area contributed by atoms with Crippen molar-refractivity contribution >= 4 is 17.8 Å². The molecule has 1 aliphatic heterocycles. The number of hydrogen-bond donors (Lipinski definition) is 4. The van der Waals surface area contributed by atoms with Crippen LogP contribution in [0.15, 0.2) is 72.9 Å². The average Bonchev–Trinajstić information content (AvgIpc) is 3.10. The molecular formula is C36H33FN6O4.